The van der Waals surface area contributed by atoms with Crippen molar-refractivity contribution in [3.63, 3.8) is 0 Å². The van der Waals surface area contributed by atoms with Gasteiger partial charge < -0.3 is 10.0 Å². The number of fused-ring (bicyclic) bond motifs is 1. The van der Waals surface area contributed by atoms with E-state index in [-0.39, 0.29) is 17.5 Å². The number of carbonyl (C=O) groups is 1. The first-order chi connectivity index (χ1) is 13.4. The van der Waals surface area contributed by atoms with E-state index in [0.717, 1.165) is 16.7 Å². The van der Waals surface area contributed by atoms with Gasteiger partial charge in [-0.3, -0.25) is 9.89 Å². The van der Waals surface area contributed by atoms with Gasteiger partial charge >= 0.3 is 0 Å². The molecule has 0 fully saturated rings. The van der Waals surface area contributed by atoms with Gasteiger partial charge in [0.1, 0.15) is 23.0 Å². The third kappa shape index (κ3) is 2.69. The van der Waals surface area contributed by atoms with Crippen LogP contribution in [0.4, 0.5) is 4.39 Å². The number of nitrogens with one attached hydrogen (secondary N) is 1. The molecule has 1 atom stereocenters. The van der Waals surface area contributed by atoms with E-state index in [2.05, 4.69) is 16.8 Å². The number of aryl methyl sites for hydroxylation is 2. The molecule has 0 aliphatic carbocycles. The fourth-order valence-electron chi connectivity index (χ4n) is 3.96. The van der Waals surface area contributed by atoms with E-state index in [0.29, 0.717) is 29.1 Å². The van der Waals surface area contributed by atoms with Crippen LogP contribution in [0.3, 0.4) is 0 Å². The fraction of sp³-hybridized carbons (Fsp3) is 0.182. The van der Waals surface area contributed by atoms with Crippen LogP contribution in [0.1, 0.15) is 38.8 Å². The number of halogens is 1. The Kier molecular flexibility index (Phi) is 4.26. The van der Waals surface area contributed by atoms with Crippen molar-refractivity contribution < 1.29 is 14.3 Å². The van der Waals surface area contributed by atoms with Crippen LogP contribution in [0.25, 0.3) is 11.3 Å². The first-order valence-corrected chi connectivity index (χ1v) is 8.98. The SMILES string of the molecule is C=CCN1C(=O)c2[nH]nc(-c3c(C)cc(C)cc3O)c2C1c1ccc(F)cc1. The molecule has 0 radical (unpaired) electrons. The molecule has 5 nitrogen and oxygen atoms in total. The highest BCUT2D eigenvalue weighted by Crippen LogP contribution is 2.45. The number of amides is 1. The van der Waals surface area contributed by atoms with Gasteiger partial charge in [-0.2, -0.15) is 5.10 Å². The average Bonchev–Trinajstić information content (AvgIpc) is 3.16. The summed E-state index contributed by atoms with van der Waals surface area (Å²) < 4.78 is 13.5. The first-order valence-electron chi connectivity index (χ1n) is 8.98. The van der Waals surface area contributed by atoms with Gasteiger partial charge in [0.25, 0.3) is 5.91 Å². The number of aromatic nitrogens is 2. The molecule has 0 saturated heterocycles. The monoisotopic (exact) mass is 377 g/mol. The van der Waals surface area contributed by atoms with Crippen molar-refractivity contribution in [1.82, 2.24) is 15.1 Å². The highest BCUT2D eigenvalue weighted by atomic mass is 19.1. The van der Waals surface area contributed by atoms with Crippen molar-refractivity contribution in [2.24, 2.45) is 0 Å². The van der Waals surface area contributed by atoms with Crippen molar-refractivity contribution in [1.29, 1.82) is 0 Å². The second-order valence-corrected chi connectivity index (χ2v) is 7.04. The number of H-pyrrole nitrogens is 1. The molecule has 1 aromatic heterocycles. The number of nitrogens with zero attached hydrogens (tertiary/aromatic N) is 2. The minimum absolute atomic E-state index is 0.110. The zero-order valence-electron chi connectivity index (χ0n) is 15.7. The van der Waals surface area contributed by atoms with Crippen LogP contribution in [0.2, 0.25) is 0 Å². The summed E-state index contributed by atoms with van der Waals surface area (Å²) in [6.45, 7) is 7.88. The lowest BCUT2D eigenvalue weighted by molar-refractivity contribution is 0.0764. The second-order valence-electron chi connectivity index (χ2n) is 7.04. The van der Waals surface area contributed by atoms with E-state index in [1.807, 2.05) is 19.9 Å². The van der Waals surface area contributed by atoms with Gasteiger partial charge in [0.2, 0.25) is 0 Å². The lowest BCUT2D eigenvalue weighted by Gasteiger charge is -2.25. The Labute approximate surface area is 162 Å². The number of hydrogen-bond donors (Lipinski definition) is 2. The summed E-state index contributed by atoms with van der Waals surface area (Å²) in [4.78, 5) is 14.6. The Hall–Kier alpha value is -3.41. The summed E-state index contributed by atoms with van der Waals surface area (Å²) in [6.07, 6.45) is 1.65. The molecule has 3 aromatic rings. The van der Waals surface area contributed by atoms with Gasteiger partial charge in [0.15, 0.2) is 0 Å². The molecule has 28 heavy (non-hydrogen) atoms. The summed E-state index contributed by atoms with van der Waals surface area (Å²) in [6, 6.07) is 9.26. The number of hydrogen-bond acceptors (Lipinski definition) is 3. The Morgan fingerprint density at radius 2 is 2.00 bits per heavy atom. The Morgan fingerprint density at radius 1 is 1.29 bits per heavy atom. The summed E-state index contributed by atoms with van der Waals surface area (Å²) in [7, 11) is 0. The van der Waals surface area contributed by atoms with Crippen LogP contribution in [-0.2, 0) is 0 Å². The second kappa shape index (κ2) is 6.64. The van der Waals surface area contributed by atoms with Crippen LogP contribution >= 0.6 is 0 Å². The maximum atomic E-state index is 13.5. The number of aromatic amines is 1. The van der Waals surface area contributed by atoms with E-state index in [9.17, 15) is 14.3 Å². The number of phenolic OH excluding ortho intramolecular Hbond substituents is 1. The van der Waals surface area contributed by atoms with E-state index in [4.69, 9.17) is 0 Å². The smallest absolute Gasteiger partial charge is 0.273 e. The number of carbonyl (C=O) groups excluding carboxylic acids is 1. The molecule has 0 saturated carbocycles. The standard InChI is InChI=1S/C22H20FN3O2/c1-4-9-26-21(14-5-7-15(23)8-6-14)18-19(24-25-20(18)22(26)28)17-13(3)10-12(2)11-16(17)27/h4-8,10-11,21,27H,1,9H2,2-3H3,(H,24,25). The normalized spacial score (nSPS) is 15.8. The molecule has 1 aliphatic heterocycles. The number of benzene rings is 2. The minimum atomic E-state index is -0.449. The van der Waals surface area contributed by atoms with Gasteiger partial charge in [-0.25, -0.2) is 4.39 Å². The topological polar surface area (TPSA) is 69.2 Å². The highest BCUT2D eigenvalue weighted by Gasteiger charge is 2.42. The molecule has 1 aliphatic rings. The summed E-state index contributed by atoms with van der Waals surface area (Å²) >= 11 is 0. The zero-order chi connectivity index (χ0) is 20.0. The minimum Gasteiger partial charge on any atom is -0.507 e. The third-order valence-corrected chi connectivity index (χ3v) is 5.07. The molecule has 142 valence electrons. The van der Waals surface area contributed by atoms with Crippen LogP contribution in [0.5, 0.6) is 5.75 Å². The zero-order valence-corrected chi connectivity index (χ0v) is 15.7. The van der Waals surface area contributed by atoms with Crippen molar-refractivity contribution in [3.05, 3.63) is 82.8 Å². The molecule has 2 heterocycles. The average molecular weight is 377 g/mol. The third-order valence-electron chi connectivity index (χ3n) is 5.07. The number of aromatic hydroxyl groups is 1. The van der Waals surface area contributed by atoms with E-state index < -0.39 is 6.04 Å². The van der Waals surface area contributed by atoms with Gasteiger partial charge in [0, 0.05) is 17.7 Å². The maximum Gasteiger partial charge on any atom is 0.273 e. The molecular weight excluding hydrogens is 357 g/mol. The van der Waals surface area contributed by atoms with E-state index >= 15 is 0 Å². The maximum absolute atomic E-state index is 13.5. The predicted molar refractivity (Wildman–Crippen MR) is 105 cm³/mol. The van der Waals surface area contributed by atoms with E-state index in [1.54, 1.807) is 29.2 Å². The number of phenols is 1. The van der Waals surface area contributed by atoms with Crippen LogP contribution < -0.4 is 0 Å². The lowest BCUT2D eigenvalue weighted by atomic mass is 9.93. The van der Waals surface area contributed by atoms with Crippen LogP contribution in [0, 0.1) is 19.7 Å². The molecule has 0 bridgehead atoms. The lowest BCUT2D eigenvalue weighted by Crippen LogP contribution is -2.29. The first kappa shape index (κ1) is 18.0. The molecule has 2 N–H and O–H groups in total. The number of rotatable bonds is 4. The van der Waals surface area contributed by atoms with Crippen molar-refractivity contribution in [2.75, 3.05) is 6.54 Å². The Balaban J connectivity index is 1.95. The van der Waals surface area contributed by atoms with Gasteiger partial charge in [0.05, 0.1) is 6.04 Å². The van der Waals surface area contributed by atoms with Crippen LogP contribution in [-0.4, -0.2) is 32.7 Å². The molecule has 6 heteroatoms. The fourth-order valence-corrected chi connectivity index (χ4v) is 3.96. The summed E-state index contributed by atoms with van der Waals surface area (Å²) in [5, 5.41) is 17.8. The highest BCUT2D eigenvalue weighted by molar-refractivity contribution is 6.00. The molecule has 1 unspecified atom stereocenters. The summed E-state index contributed by atoms with van der Waals surface area (Å²) in [5.74, 6) is -0.436. The Bertz CT molecular complexity index is 1060. The molecule has 1 amide bonds. The van der Waals surface area contributed by atoms with E-state index in [1.165, 1.54) is 12.1 Å². The molecule has 2 aromatic carbocycles. The van der Waals surface area contributed by atoms with Crippen molar-refractivity contribution in [2.45, 2.75) is 19.9 Å². The largest absolute Gasteiger partial charge is 0.507 e. The summed E-state index contributed by atoms with van der Waals surface area (Å²) in [5.41, 5.74) is 4.74. The van der Waals surface area contributed by atoms with Crippen LogP contribution in [0.15, 0.2) is 49.1 Å². The Morgan fingerprint density at radius 3 is 2.64 bits per heavy atom. The quantitative estimate of drug-likeness (QED) is 0.667. The van der Waals surface area contributed by atoms with Crippen molar-refractivity contribution >= 4 is 5.91 Å². The van der Waals surface area contributed by atoms with Gasteiger partial charge in [-0.05, 0) is 48.7 Å². The van der Waals surface area contributed by atoms with Crippen molar-refractivity contribution in [3.8, 4) is 17.0 Å². The molecule has 0 spiro atoms. The molecule has 4 rings (SSSR count). The van der Waals surface area contributed by atoms with Gasteiger partial charge in [-0.1, -0.05) is 24.3 Å². The van der Waals surface area contributed by atoms with Gasteiger partial charge in [-0.15, -0.1) is 6.58 Å². The predicted octanol–water partition coefficient (Wildman–Crippen LogP) is 4.27. The molecular formula is C22H20FN3O2.